The van der Waals surface area contributed by atoms with Gasteiger partial charge in [-0.05, 0) is 32.5 Å². The molecule has 6 nitrogen and oxygen atoms in total. The van der Waals surface area contributed by atoms with Gasteiger partial charge in [0.05, 0.1) is 0 Å². The van der Waals surface area contributed by atoms with E-state index in [4.69, 9.17) is 0 Å². The van der Waals surface area contributed by atoms with Crippen LogP contribution in [0, 0.1) is 6.92 Å². The van der Waals surface area contributed by atoms with E-state index in [1.165, 1.54) is 22.8 Å². The Balaban J connectivity index is 2.08. The topological polar surface area (TPSA) is 63.9 Å². The molecule has 0 aliphatic rings. The van der Waals surface area contributed by atoms with E-state index in [-0.39, 0.29) is 6.03 Å². The Hall–Kier alpha value is -1.41. The Morgan fingerprint density at radius 2 is 2.21 bits per heavy atom. The van der Waals surface area contributed by atoms with E-state index in [1.54, 1.807) is 16.2 Å². The van der Waals surface area contributed by atoms with Crippen molar-refractivity contribution in [3.05, 3.63) is 17.4 Å². The summed E-state index contributed by atoms with van der Waals surface area (Å²) < 4.78 is 2.15. The third-order valence-corrected chi connectivity index (χ3v) is 4.40. The summed E-state index contributed by atoms with van der Waals surface area (Å²) in [5.74, 6) is 0. The van der Waals surface area contributed by atoms with Gasteiger partial charge >= 0.3 is 6.03 Å². The van der Waals surface area contributed by atoms with Crippen LogP contribution in [0.2, 0.25) is 0 Å². The van der Waals surface area contributed by atoms with Gasteiger partial charge in [0, 0.05) is 24.2 Å². The van der Waals surface area contributed by atoms with Gasteiger partial charge < -0.3 is 4.90 Å². The molecule has 0 radical (unpaired) electrons. The third-order valence-electron chi connectivity index (χ3n) is 2.48. The molecular weight excluding hydrogens is 282 g/mol. The molecular formula is C11H15N5OS2. The molecule has 0 aromatic carbocycles. The molecule has 2 rings (SSSR count). The van der Waals surface area contributed by atoms with Gasteiger partial charge in [0.25, 0.3) is 0 Å². The first-order valence-electron chi connectivity index (χ1n) is 5.95. The van der Waals surface area contributed by atoms with Gasteiger partial charge in [-0.1, -0.05) is 0 Å². The zero-order valence-corrected chi connectivity index (χ0v) is 12.7. The third kappa shape index (κ3) is 3.32. The standard InChI is InChI=1S/C11H15N5OS2/c1-4-15(5-2)11(17)16-7-12-9(14-16)19-10-13-8(3)6-18-10/h6-7H,4-5H2,1-3H3. The van der Waals surface area contributed by atoms with E-state index in [9.17, 15) is 4.79 Å². The second-order valence-electron chi connectivity index (χ2n) is 3.78. The Kier molecular flexibility index (Phi) is 4.54. The highest BCUT2D eigenvalue weighted by molar-refractivity contribution is 8.00. The van der Waals surface area contributed by atoms with Crippen LogP contribution in [0.3, 0.4) is 0 Å². The van der Waals surface area contributed by atoms with Gasteiger partial charge in [0.2, 0.25) is 5.16 Å². The number of hydrogen-bond donors (Lipinski definition) is 0. The fraction of sp³-hybridized carbons (Fsp3) is 0.455. The lowest BCUT2D eigenvalue weighted by molar-refractivity contribution is 0.201. The summed E-state index contributed by atoms with van der Waals surface area (Å²) in [7, 11) is 0. The van der Waals surface area contributed by atoms with E-state index in [2.05, 4.69) is 15.1 Å². The van der Waals surface area contributed by atoms with Crippen LogP contribution in [0.4, 0.5) is 4.79 Å². The van der Waals surface area contributed by atoms with Crippen LogP contribution in [0.25, 0.3) is 0 Å². The van der Waals surface area contributed by atoms with Crippen molar-refractivity contribution < 1.29 is 4.79 Å². The van der Waals surface area contributed by atoms with Crippen molar-refractivity contribution in [3.63, 3.8) is 0 Å². The summed E-state index contributed by atoms with van der Waals surface area (Å²) in [6.45, 7) is 7.13. The fourth-order valence-electron chi connectivity index (χ4n) is 1.48. The second-order valence-corrected chi connectivity index (χ2v) is 5.86. The number of aromatic nitrogens is 4. The first kappa shape index (κ1) is 14.0. The molecule has 0 fully saturated rings. The number of amides is 1. The van der Waals surface area contributed by atoms with Gasteiger partial charge in [0.15, 0.2) is 4.34 Å². The maximum atomic E-state index is 12.0. The molecule has 0 aliphatic heterocycles. The highest BCUT2D eigenvalue weighted by Crippen LogP contribution is 2.27. The van der Waals surface area contributed by atoms with E-state index < -0.39 is 0 Å². The quantitative estimate of drug-likeness (QED) is 0.867. The first-order valence-corrected chi connectivity index (χ1v) is 7.64. The first-order chi connectivity index (χ1) is 9.13. The van der Waals surface area contributed by atoms with E-state index in [1.807, 2.05) is 26.2 Å². The van der Waals surface area contributed by atoms with Crippen molar-refractivity contribution in [1.29, 1.82) is 0 Å². The lowest BCUT2D eigenvalue weighted by atomic mass is 10.5. The molecule has 0 atom stereocenters. The highest BCUT2D eigenvalue weighted by Gasteiger charge is 2.15. The van der Waals surface area contributed by atoms with Crippen molar-refractivity contribution in [1.82, 2.24) is 24.6 Å². The molecule has 2 aromatic rings. The van der Waals surface area contributed by atoms with Crippen molar-refractivity contribution in [2.75, 3.05) is 13.1 Å². The maximum Gasteiger partial charge on any atom is 0.346 e. The molecule has 2 aromatic heterocycles. The largest absolute Gasteiger partial charge is 0.346 e. The lowest BCUT2D eigenvalue weighted by Crippen LogP contribution is -2.34. The summed E-state index contributed by atoms with van der Waals surface area (Å²) >= 11 is 2.91. The molecule has 0 unspecified atom stereocenters. The molecule has 8 heteroatoms. The van der Waals surface area contributed by atoms with Gasteiger partial charge in [-0.2, -0.15) is 4.68 Å². The molecule has 1 amide bonds. The second kappa shape index (κ2) is 6.16. The molecule has 0 bridgehead atoms. The number of aryl methyl sites for hydroxylation is 1. The van der Waals surface area contributed by atoms with Crippen molar-refractivity contribution in [2.24, 2.45) is 0 Å². The number of carbonyl (C=O) groups excluding carboxylic acids is 1. The molecule has 2 heterocycles. The average Bonchev–Trinajstić information content (AvgIpc) is 3.01. The minimum atomic E-state index is -0.153. The SMILES string of the molecule is CCN(CC)C(=O)n1cnc(Sc2nc(C)cs2)n1. The number of rotatable bonds is 4. The maximum absolute atomic E-state index is 12.0. The van der Waals surface area contributed by atoms with Gasteiger partial charge in [0.1, 0.15) is 6.33 Å². The Morgan fingerprint density at radius 3 is 2.79 bits per heavy atom. The smallest absolute Gasteiger partial charge is 0.323 e. The molecule has 0 saturated heterocycles. The highest BCUT2D eigenvalue weighted by atomic mass is 32.2. The van der Waals surface area contributed by atoms with Gasteiger partial charge in [-0.15, -0.1) is 16.4 Å². The normalized spacial score (nSPS) is 10.7. The lowest BCUT2D eigenvalue weighted by Gasteiger charge is -2.17. The molecule has 102 valence electrons. The van der Waals surface area contributed by atoms with Gasteiger partial charge in [-0.25, -0.2) is 14.8 Å². The van der Waals surface area contributed by atoms with Crippen molar-refractivity contribution in [3.8, 4) is 0 Å². The Morgan fingerprint density at radius 1 is 1.47 bits per heavy atom. The number of carbonyl (C=O) groups is 1. The minimum Gasteiger partial charge on any atom is -0.323 e. The Bertz CT molecular complexity index is 561. The van der Waals surface area contributed by atoms with Crippen LogP contribution in [0.5, 0.6) is 0 Å². The van der Waals surface area contributed by atoms with Crippen LogP contribution in [0.15, 0.2) is 21.2 Å². The summed E-state index contributed by atoms with van der Waals surface area (Å²) in [5, 5.41) is 6.69. The zero-order valence-electron chi connectivity index (χ0n) is 11.0. The van der Waals surface area contributed by atoms with E-state index >= 15 is 0 Å². The summed E-state index contributed by atoms with van der Waals surface area (Å²) in [4.78, 5) is 22.2. The van der Waals surface area contributed by atoms with Crippen LogP contribution in [0.1, 0.15) is 19.5 Å². The van der Waals surface area contributed by atoms with E-state index in [0.717, 1.165) is 10.0 Å². The average molecular weight is 297 g/mol. The summed E-state index contributed by atoms with van der Waals surface area (Å²) in [6, 6.07) is -0.153. The van der Waals surface area contributed by atoms with Crippen LogP contribution in [-0.4, -0.2) is 43.8 Å². The Labute approximate surface area is 119 Å². The van der Waals surface area contributed by atoms with Gasteiger partial charge in [-0.3, -0.25) is 0 Å². The number of nitrogens with zero attached hydrogens (tertiary/aromatic N) is 5. The number of hydrogen-bond acceptors (Lipinski definition) is 6. The molecule has 0 saturated carbocycles. The minimum absolute atomic E-state index is 0.153. The molecule has 0 aliphatic carbocycles. The summed E-state index contributed by atoms with van der Waals surface area (Å²) in [5.41, 5.74) is 0.978. The molecule has 0 spiro atoms. The predicted molar refractivity (Wildman–Crippen MR) is 74.7 cm³/mol. The fourth-order valence-corrected chi connectivity index (χ4v) is 3.14. The zero-order chi connectivity index (χ0) is 13.8. The van der Waals surface area contributed by atoms with Crippen LogP contribution in [-0.2, 0) is 0 Å². The monoisotopic (exact) mass is 297 g/mol. The van der Waals surface area contributed by atoms with E-state index in [0.29, 0.717) is 18.2 Å². The predicted octanol–water partition coefficient (Wildman–Crippen LogP) is 2.50. The molecule has 19 heavy (non-hydrogen) atoms. The molecule has 0 N–H and O–H groups in total. The van der Waals surface area contributed by atoms with Crippen molar-refractivity contribution >= 4 is 29.1 Å². The number of thiazole rings is 1. The summed E-state index contributed by atoms with van der Waals surface area (Å²) in [6.07, 6.45) is 1.45. The van der Waals surface area contributed by atoms with Crippen LogP contribution < -0.4 is 0 Å². The van der Waals surface area contributed by atoms with Crippen LogP contribution >= 0.6 is 23.1 Å². The van der Waals surface area contributed by atoms with Crippen molar-refractivity contribution in [2.45, 2.75) is 30.3 Å².